The molecule has 0 fully saturated rings. The maximum atomic E-state index is 12.8. The van der Waals surface area contributed by atoms with Crippen LogP contribution in [0.15, 0.2) is 78.9 Å². The number of Topliss-reactive ketones (excluding diaryl/α,β-unsaturated/α-hetero) is 1. The fourth-order valence-corrected chi connectivity index (χ4v) is 3.30. The highest BCUT2D eigenvalue weighted by molar-refractivity contribution is 6.34. The van der Waals surface area contributed by atoms with Crippen molar-refractivity contribution in [2.75, 3.05) is 4.90 Å². The molecule has 3 aromatic carbocycles. The molecule has 4 rings (SSSR count). The van der Waals surface area contributed by atoms with Crippen molar-refractivity contribution in [1.29, 1.82) is 0 Å². The lowest BCUT2D eigenvalue weighted by molar-refractivity contribution is 0.0318. The summed E-state index contributed by atoms with van der Waals surface area (Å²) in [5.41, 5.74) is 1.33. The second-order valence-corrected chi connectivity index (χ2v) is 6.82. The summed E-state index contributed by atoms with van der Waals surface area (Å²) in [6, 6.07) is 21.3. The molecule has 1 atom stereocenters. The maximum absolute atomic E-state index is 12.8. The zero-order valence-electron chi connectivity index (χ0n) is 16.1. The van der Waals surface area contributed by atoms with Gasteiger partial charge in [-0.25, -0.2) is 9.69 Å². The lowest BCUT2D eigenvalue weighted by Crippen LogP contribution is -2.29. The summed E-state index contributed by atoms with van der Waals surface area (Å²) >= 11 is 0. The summed E-state index contributed by atoms with van der Waals surface area (Å²) in [6.45, 7) is 1.49. The third kappa shape index (κ3) is 3.39. The molecule has 0 saturated heterocycles. The minimum absolute atomic E-state index is 0.0949. The number of hydrogen-bond donors (Lipinski definition) is 0. The summed E-state index contributed by atoms with van der Waals surface area (Å²) < 4.78 is 5.29. The second-order valence-electron chi connectivity index (χ2n) is 6.82. The molecule has 0 aromatic heterocycles. The van der Waals surface area contributed by atoms with Gasteiger partial charge in [-0.2, -0.15) is 0 Å². The Morgan fingerprint density at radius 1 is 0.767 bits per heavy atom. The SMILES string of the molecule is C[C@@H](OC(=O)c1ccc2c(c1)C(=O)N(c1ccccc1)C2=O)C(=O)c1ccccc1. The number of amides is 2. The Balaban J connectivity index is 1.55. The van der Waals surface area contributed by atoms with Crippen molar-refractivity contribution in [3.05, 3.63) is 101 Å². The van der Waals surface area contributed by atoms with E-state index in [1.807, 2.05) is 0 Å². The molecule has 0 bridgehead atoms. The van der Waals surface area contributed by atoms with Crippen molar-refractivity contribution in [2.24, 2.45) is 0 Å². The van der Waals surface area contributed by atoms with Crippen LogP contribution in [0.1, 0.15) is 48.4 Å². The number of ketones is 1. The minimum Gasteiger partial charge on any atom is -0.451 e. The average Bonchev–Trinajstić information content (AvgIpc) is 3.03. The van der Waals surface area contributed by atoms with Gasteiger partial charge in [0, 0.05) is 5.56 Å². The zero-order valence-corrected chi connectivity index (χ0v) is 16.1. The molecule has 6 nitrogen and oxygen atoms in total. The van der Waals surface area contributed by atoms with Gasteiger partial charge in [0.25, 0.3) is 11.8 Å². The Labute approximate surface area is 172 Å². The first kappa shape index (κ1) is 19.3. The third-order valence-electron chi connectivity index (χ3n) is 4.85. The molecule has 0 aliphatic carbocycles. The van der Waals surface area contributed by atoms with Crippen LogP contribution in [0.4, 0.5) is 5.69 Å². The van der Waals surface area contributed by atoms with E-state index in [2.05, 4.69) is 0 Å². The average molecular weight is 399 g/mol. The van der Waals surface area contributed by atoms with Crippen LogP contribution in [0, 0.1) is 0 Å². The van der Waals surface area contributed by atoms with Crippen LogP contribution in [-0.4, -0.2) is 29.7 Å². The first-order chi connectivity index (χ1) is 14.5. The summed E-state index contributed by atoms with van der Waals surface area (Å²) in [7, 11) is 0. The summed E-state index contributed by atoms with van der Waals surface area (Å²) in [6.07, 6.45) is -0.994. The second kappa shape index (κ2) is 7.75. The zero-order chi connectivity index (χ0) is 21.3. The molecule has 0 N–H and O–H groups in total. The van der Waals surface area contributed by atoms with E-state index in [0.717, 1.165) is 4.90 Å². The fourth-order valence-electron chi connectivity index (χ4n) is 3.30. The number of para-hydroxylation sites is 1. The van der Waals surface area contributed by atoms with Crippen molar-refractivity contribution in [1.82, 2.24) is 0 Å². The number of carbonyl (C=O) groups excluding carboxylic acids is 4. The quantitative estimate of drug-likeness (QED) is 0.369. The molecule has 30 heavy (non-hydrogen) atoms. The number of fused-ring (bicyclic) bond motifs is 1. The Morgan fingerprint density at radius 3 is 2.03 bits per heavy atom. The van der Waals surface area contributed by atoms with Gasteiger partial charge in [0.15, 0.2) is 6.10 Å². The van der Waals surface area contributed by atoms with Crippen LogP contribution < -0.4 is 4.90 Å². The van der Waals surface area contributed by atoms with E-state index in [0.29, 0.717) is 11.3 Å². The molecule has 1 aliphatic rings. The fraction of sp³-hybridized carbons (Fsp3) is 0.0833. The minimum atomic E-state index is -0.994. The van der Waals surface area contributed by atoms with E-state index in [1.165, 1.54) is 25.1 Å². The molecule has 1 heterocycles. The van der Waals surface area contributed by atoms with Gasteiger partial charge >= 0.3 is 5.97 Å². The monoisotopic (exact) mass is 399 g/mol. The van der Waals surface area contributed by atoms with Crippen LogP contribution in [0.3, 0.4) is 0 Å². The van der Waals surface area contributed by atoms with E-state index in [-0.39, 0.29) is 22.5 Å². The number of anilines is 1. The lowest BCUT2D eigenvalue weighted by atomic mass is 10.1. The molecular formula is C24H17NO5. The predicted octanol–water partition coefficient (Wildman–Crippen LogP) is 3.92. The van der Waals surface area contributed by atoms with Crippen LogP contribution in [0.5, 0.6) is 0 Å². The third-order valence-corrected chi connectivity index (χ3v) is 4.85. The Morgan fingerprint density at radius 2 is 1.37 bits per heavy atom. The molecule has 6 heteroatoms. The van der Waals surface area contributed by atoms with Crippen molar-refractivity contribution < 1.29 is 23.9 Å². The van der Waals surface area contributed by atoms with E-state index >= 15 is 0 Å². The molecular weight excluding hydrogens is 382 g/mol. The van der Waals surface area contributed by atoms with Gasteiger partial charge in [-0.1, -0.05) is 48.5 Å². The molecule has 0 spiro atoms. The molecule has 3 aromatic rings. The van der Waals surface area contributed by atoms with Crippen LogP contribution in [0.25, 0.3) is 0 Å². The van der Waals surface area contributed by atoms with Gasteiger partial charge in [-0.3, -0.25) is 14.4 Å². The Kier molecular flexibility index (Phi) is 4.98. The van der Waals surface area contributed by atoms with Crippen molar-refractivity contribution in [3.63, 3.8) is 0 Å². The smallest absolute Gasteiger partial charge is 0.338 e. The van der Waals surface area contributed by atoms with Gasteiger partial charge in [0.05, 0.1) is 22.4 Å². The number of hydrogen-bond acceptors (Lipinski definition) is 5. The van der Waals surface area contributed by atoms with Crippen molar-refractivity contribution >= 4 is 29.3 Å². The van der Waals surface area contributed by atoms with Gasteiger partial charge < -0.3 is 4.74 Å². The summed E-state index contributed by atoms with van der Waals surface area (Å²) in [4.78, 5) is 51.5. The van der Waals surface area contributed by atoms with E-state index in [4.69, 9.17) is 4.74 Å². The standard InChI is InChI=1S/C24H17NO5/c1-15(21(26)16-8-4-2-5-9-16)30-24(29)17-12-13-19-20(14-17)23(28)25(22(19)27)18-10-6-3-7-11-18/h2-15H,1H3/t15-/m1/s1. The first-order valence-corrected chi connectivity index (χ1v) is 9.35. The normalized spacial score (nSPS) is 13.7. The Hall–Kier alpha value is -4.06. The summed E-state index contributed by atoms with van der Waals surface area (Å²) in [5.74, 6) is -2.03. The summed E-state index contributed by atoms with van der Waals surface area (Å²) in [5, 5.41) is 0. The number of imide groups is 1. The number of benzene rings is 3. The topological polar surface area (TPSA) is 80.8 Å². The van der Waals surface area contributed by atoms with Crippen molar-refractivity contribution in [2.45, 2.75) is 13.0 Å². The van der Waals surface area contributed by atoms with Gasteiger partial charge in [0.2, 0.25) is 5.78 Å². The molecule has 1 aliphatic heterocycles. The molecule has 0 unspecified atom stereocenters. The van der Waals surface area contributed by atoms with Gasteiger partial charge in [-0.15, -0.1) is 0 Å². The molecule has 148 valence electrons. The van der Waals surface area contributed by atoms with Crippen molar-refractivity contribution in [3.8, 4) is 0 Å². The largest absolute Gasteiger partial charge is 0.451 e. The highest BCUT2D eigenvalue weighted by Gasteiger charge is 2.37. The number of esters is 1. The Bertz CT molecular complexity index is 1150. The maximum Gasteiger partial charge on any atom is 0.338 e. The molecule has 0 saturated carbocycles. The predicted molar refractivity (Wildman–Crippen MR) is 110 cm³/mol. The number of carbonyl (C=O) groups is 4. The van der Waals surface area contributed by atoms with Gasteiger partial charge in [0.1, 0.15) is 0 Å². The van der Waals surface area contributed by atoms with Crippen LogP contribution >= 0.6 is 0 Å². The number of ether oxygens (including phenoxy) is 1. The number of rotatable bonds is 5. The lowest BCUT2D eigenvalue weighted by Gasteiger charge is -2.13. The van der Waals surface area contributed by atoms with E-state index in [1.54, 1.807) is 60.7 Å². The highest BCUT2D eigenvalue weighted by Crippen LogP contribution is 2.29. The first-order valence-electron chi connectivity index (χ1n) is 9.35. The highest BCUT2D eigenvalue weighted by atomic mass is 16.5. The molecule has 2 amide bonds. The van der Waals surface area contributed by atoms with Crippen LogP contribution in [-0.2, 0) is 4.74 Å². The van der Waals surface area contributed by atoms with E-state index < -0.39 is 23.9 Å². The molecule has 0 radical (unpaired) electrons. The van der Waals surface area contributed by atoms with Crippen LogP contribution in [0.2, 0.25) is 0 Å². The number of nitrogens with zero attached hydrogens (tertiary/aromatic N) is 1. The van der Waals surface area contributed by atoms with E-state index in [9.17, 15) is 19.2 Å². The van der Waals surface area contributed by atoms with Gasteiger partial charge in [-0.05, 0) is 37.3 Å².